The van der Waals surface area contributed by atoms with Crippen molar-refractivity contribution in [2.45, 2.75) is 6.42 Å². The van der Waals surface area contributed by atoms with Gasteiger partial charge in [0.05, 0.1) is 0 Å². The Balaban J connectivity index is 2.00. The molecule has 0 aliphatic carbocycles. The molecule has 3 nitrogen and oxygen atoms in total. The van der Waals surface area contributed by atoms with Gasteiger partial charge in [0.1, 0.15) is 5.82 Å². The van der Waals surface area contributed by atoms with Crippen LogP contribution in [-0.4, -0.2) is 17.4 Å². The van der Waals surface area contributed by atoms with E-state index in [-0.39, 0.29) is 5.91 Å². The molecular weight excluding hydrogens is 292 g/mol. The van der Waals surface area contributed by atoms with Crippen molar-refractivity contribution in [3.05, 3.63) is 58.2 Å². The second-order valence-corrected chi connectivity index (χ2v) is 5.11. The van der Waals surface area contributed by atoms with E-state index in [2.05, 4.69) is 20.9 Å². The minimum absolute atomic E-state index is 0.0300. The fraction of sp³-hybridized carbons (Fsp3) is 0.143. The van der Waals surface area contributed by atoms with Crippen molar-refractivity contribution < 1.29 is 4.79 Å². The molecule has 0 N–H and O–H groups in total. The van der Waals surface area contributed by atoms with Gasteiger partial charge < -0.3 is 0 Å². The quantitative estimate of drug-likeness (QED) is 0.811. The summed E-state index contributed by atoms with van der Waals surface area (Å²) in [4.78, 5) is 18.4. The highest BCUT2D eigenvalue weighted by molar-refractivity contribution is 9.10. The molecule has 0 fully saturated rings. The molecule has 90 valence electrons. The van der Waals surface area contributed by atoms with Crippen molar-refractivity contribution in [3.8, 4) is 0 Å². The molecule has 2 heterocycles. The molecule has 1 amide bonds. The molecule has 4 heteroatoms. The molecule has 1 aromatic carbocycles. The molecule has 1 aliphatic heterocycles. The van der Waals surface area contributed by atoms with Crippen LogP contribution >= 0.6 is 15.9 Å². The summed E-state index contributed by atoms with van der Waals surface area (Å²) in [6.45, 7) is 0.680. The number of carbonyl (C=O) groups excluding carboxylic acids is 1. The van der Waals surface area contributed by atoms with Crippen molar-refractivity contribution >= 4 is 27.7 Å². The minimum atomic E-state index is 0.0300. The van der Waals surface area contributed by atoms with Gasteiger partial charge in [0, 0.05) is 22.8 Å². The zero-order valence-electron chi connectivity index (χ0n) is 9.64. The van der Waals surface area contributed by atoms with E-state index in [1.165, 1.54) is 0 Å². The SMILES string of the molecule is O=C1c2ccc(Br)cc2CCN1c1ccccn1. The molecule has 1 aromatic heterocycles. The first-order valence-electron chi connectivity index (χ1n) is 5.77. The van der Waals surface area contributed by atoms with Gasteiger partial charge in [-0.2, -0.15) is 0 Å². The maximum absolute atomic E-state index is 12.4. The number of nitrogens with zero attached hydrogens (tertiary/aromatic N) is 2. The molecule has 0 bridgehead atoms. The topological polar surface area (TPSA) is 33.2 Å². The Morgan fingerprint density at radius 3 is 2.89 bits per heavy atom. The lowest BCUT2D eigenvalue weighted by Crippen LogP contribution is -2.38. The third kappa shape index (κ3) is 1.93. The summed E-state index contributed by atoms with van der Waals surface area (Å²) in [7, 11) is 0. The maximum Gasteiger partial charge on any atom is 0.259 e. The van der Waals surface area contributed by atoms with Crippen LogP contribution in [0.4, 0.5) is 5.82 Å². The minimum Gasteiger partial charge on any atom is -0.292 e. The Morgan fingerprint density at radius 1 is 1.22 bits per heavy atom. The lowest BCUT2D eigenvalue weighted by Gasteiger charge is -2.27. The average molecular weight is 303 g/mol. The highest BCUT2D eigenvalue weighted by Gasteiger charge is 2.25. The smallest absolute Gasteiger partial charge is 0.259 e. The summed E-state index contributed by atoms with van der Waals surface area (Å²) in [5, 5.41) is 0. The summed E-state index contributed by atoms with van der Waals surface area (Å²) < 4.78 is 1.01. The maximum atomic E-state index is 12.4. The van der Waals surface area contributed by atoms with Gasteiger partial charge in [0.25, 0.3) is 5.91 Å². The predicted octanol–water partition coefficient (Wildman–Crippen LogP) is 3.05. The predicted molar refractivity (Wildman–Crippen MR) is 73.8 cm³/mol. The summed E-state index contributed by atoms with van der Waals surface area (Å²) in [5.41, 5.74) is 1.87. The van der Waals surface area contributed by atoms with Gasteiger partial charge in [-0.25, -0.2) is 4.98 Å². The zero-order chi connectivity index (χ0) is 12.5. The number of rotatable bonds is 1. The van der Waals surface area contributed by atoms with Gasteiger partial charge in [-0.15, -0.1) is 0 Å². The van der Waals surface area contributed by atoms with E-state index in [0.29, 0.717) is 6.54 Å². The number of carbonyl (C=O) groups is 1. The molecular formula is C14H11BrN2O. The lowest BCUT2D eigenvalue weighted by atomic mass is 9.99. The second-order valence-electron chi connectivity index (χ2n) is 4.20. The van der Waals surface area contributed by atoms with Gasteiger partial charge in [-0.1, -0.05) is 22.0 Å². The van der Waals surface area contributed by atoms with Crippen LogP contribution in [0.15, 0.2) is 47.1 Å². The Hall–Kier alpha value is -1.68. The van der Waals surface area contributed by atoms with Crippen LogP contribution in [0.1, 0.15) is 15.9 Å². The summed E-state index contributed by atoms with van der Waals surface area (Å²) >= 11 is 3.43. The van der Waals surface area contributed by atoms with Gasteiger partial charge in [-0.3, -0.25) is 9.69 Å². The number of aromatic nitrogens is 1. The van der Waals surface area contributed by atoms with Crippen LogP contribution in [0, 0.1) is 0 Å². The van der Waals surface area contributed by atoms with Crippen LogP contribution in [0.3, 0.4) is 0 Å². The summed E-state index contributed by atoms with van der Waals surface area (Å²) in [6, 6.07) is 11.4. The number of hydrogen-bond donors (Lipinski definition) is 0. The second kappa shape index (κ2) is 4.53. The molecule has 0 atom stereocenters. The van der Waals surface area contributed by atoms with E-state index < -0.39 is 0 Å². The Bertz CT molecular complexity index is 598. The van der Waals surface area contributed by atoms with Crippen LogP contribution in [0.5, 0.6) is 0 Å². The van der Waals surface area contributed by atoms with Crippen LogP contribution in [-0.2, 0) is 6.42 Å². The highest BCUT2D eigenvalue weighted by atomic mass is 79.9. The molecule has 0 unspecified atom stereocenters. The van der Waals surface area contributed by atoms with Gasteiger partial charge in [0.15, 0.2) is 0 Å². The average Bonchev–Trinajstić information content (AvgIpc) is 2.40. The molecule has 0 saturated carbocycles. The van der Waals surface area contributed by atoms with Crippen molar-refractivity contribution in [2.75, 3.05) is 11.4 Å². The van der Waals surface area contributed by atoms with Crippen molar-refractivity contribution in [1.82, 2.24) is 4.98 Å². The first-order chi connectivity index (χ1) is 8.75. The Kier molecular flexibility index (Phi) is 2.88. The number of benzene rings is 1. The highest BCUT2D eigenvalue weighted by Crippen LogP contribution is 2.25. The molecule has 2 aromatic rings. The molecule has 3 rings (SSSR count). The zero-order valence-corrected chi connectivity index (χ0v) is 11.2. The Morgan fingerprint density at radius 2 is 2.11 bits per heavy atom. The van der Waals surface area contributed by atoms with Gasteiger partial charge in [0.2, 0.25) is 0 Å². The van der Waals surface area contributed by atoms with Crippen molar-refractivity contribution in [1.29, 1.82) is 0 Å². The van der Waals surface area contributed by atoms with E-state index in [1.807, 2.05) is 36.4 Å². The standard InChI is InChI=1S/C14H11BrN2O/c15-11-4-5-12-10(9-11)6-8-17(14(12)18)13-3-1-2-7-16-13/h1-5,7,9H,6,8H2. The summed E-state index contributed by atoms with van der Waals surface area (Å²) in [5.74, 6) is 0.749. The third-order valence-corrected chi connectivity index (χ3v) is 3.57. The molecule has 1 aliphatic rings. The molecule has 0 radical (unpaired) electrons. The van der Waals surface area contributed by atoms with Crippen LogP contribution < -0.4 is 4.90 Å². The number of hydrogen-bond acceptors (Lipinski definition) is 2. The number of anilines is 1. The van der Waals surface area contributed by atoms with E-state index in [4.69, 9.17) is 0 Å². The monoisotopic (exact) mass is 302 g/mol. The van der Waals surface area contributed by atoms with Crippen LogP contribution in [0.2, 0.25) is 0 Å². The van der Waals surface area contributed by atoms with E-state index >= 15 is 0 Å². The first-order valence-corrected chi connectivity index (χ1v) is 6.56. The summed E-state index contributed by atoms with van der Waals surface area (Å²) in [6.07, 6.45) is 2.57. The van der Waals surface area contributed by atoms with Crippen molar-refractivity contribution in [3.63, 3.8) is 0 Å². The largest absolute Gasteiger partial charge is 0.292 e. The number of fused-ring (bicyclic) bond motifs is 1. The fourth-order valence-corrected chi connectivity index (χ4v) is 2.60. The molecule has 0 spiro atoms. The van der Waals surface area contributed by atoms with E-state index in [9.17, 15) is 4.79 Å². The van der Waals surface area contributed by atoms with Crippen molar-refractivity contribution in [2.24, 2.45) is 0 Å². The normalized spacial score (nSPS) is 14.5. The number of halogens is 1. The number of pyridine rings is 1. The van der Waals surface area contributed by atoms with Crippen LogP contribution in [0.25, 0.3) is 0 Å². The van der Waals surface area contributed by atoms with Gasteiger partial charge >= 0.3 is 0 Å². The number of amides is 1. The third-order valence-electron chi connectivity index (χ3n) is 3.07. The molecule has 18 heavy (non-hydrogen) atoms. The molecule has 0 saturated heterocycles. The first kappa shape index (κ1) is 11.4. The fourth-order valence-electron chi connectivity index (χ4n) is 2.19. The van der Waals surface area contributed by atoms with E-state index in [1.54, 1.807) is 11.1 Å². The van der Waals surface area contributed by atoms with E-state index in [0.717, 1.165) is 27.8 Å². The Labute approximate surface area is 114 Å². The van der Waals surface area contributed by atoms with Gasteiger partial charge in [-0.05, 0) is 42.3 Å². The lowest BCUT2D eigenvalue weighted by molar-refractivity contribution is 0.0980.